The number of hydrogen-bond acceptors (Lipinski definition) is 2. The number of ether oxygens (including phenoxy) is 1. The Bertz CT molecular complexity index is 66.3. The topological polar surface area (TPSA) is 21.3 Å². The van der Waals surface area contributed by atoms with Crippen LogP contribution in [-0.4, -0.2) is 25.8 Å². The first kappa shape index (κ1) is 9.92. The number of likely N-dealkylation sites (N-methyl/N-ethyl adjacent to an activating group) is 1. The average molecular weight is 145 g/mol. The molecule has 0 aliphatic rings. The van der Waals surface area contributed by atoms with Crippen LogP contribution in [0, 0.1) is 0 Å². The van der Waals surface area contributed by atoms with Gasteiger partial charge in [-0.05, 0) is 19.9 Å². The van der Waals surface area contributed by atoms with Crippen molar-refractivity contribution < 1.29 is 4.74 Å². The SMILES string of the molecule is CCNC(CC)COCC. The Hall–Kier alpha value is -0.0800. The van der Waals surface area contributed by atoms with E-state index in [0.29, 0.717) is 6.04 Å². The highest BCUT2D eigenvalue weighted by molar-refractivity contribution is 4.61. The molecule has 10 heavy (non-hydrogen) atoms. The Morgan fingerprint density at radius 2 is 2.00 bits per heavy atom. The molecule has 0 saturated carbocycles. The number of hydrogen-bond donors (Lipinski definition) is 1. The molecule has 2 nitrogen and oxygen atoms in total. The molecule has 0 aliphatic carbocycles. The van der Waals surface area contributed by atoms with E-state index in [2.05, 4.69) is 19.2 Å². The molecule has 1 unspecified atom stereocenters. The summed E-state index contributed by atoms with van der Waals surface area (Å²) in [5, 5.41) is 3.34. The Morgan fingerprint density at radius 3 is 2.40 bits per heavy atom. The van der Waals surface area contributed by atoms with Crippen LogP contribution in [0.1, 0.15) is 27.2 Å². The van der Waals surface area contributed by atoms with Crippen molar-refractivity contribution in [2.45, 2.75) is 33.2 Å². The second-order valence-electron chi connectivity index (χ2n) is 2.32. The zero-order chi connectivity index (χ0) is 7.82. The predicted octanol–water partition coefficient (Wildman–Crippen LogP) is 1.41. The minimum atomic E-state index is 0.546. The molecule has 0 aromatic rings. The molecule has 0 spiro atoms. The van der Waals surface area contributed by atoms with E-state index >= 15 is 0 Å². The van der Waals surface area contributed by atoms with Gasteiger partial charge in [-0.15, -0.1) is 0 Å². The summed E-state index contributed by atoms with van der Waals surface area (Å²) in [5.41, 5.74) is 0. The van der Waals surface area contributed by atoms with Crippen molar-refractivity contribution >= 4 is 0 Å². The van der Waals surface area contributed by atoms with Crippen LogP contribution in [0.4, 0.5) is 0 Å². The summed E-state index contributed by atoms with van der Waals surface area (Å²) in [6, 6.07) is 0.546. The molecule has 0 bridgehead atoms. The van der Waals surface area contributed by atoms with Gasteiger partial charge in [0.25, 0.3) is 0 Å². The van der Waals surface area contributed by atoms with Crippen molar-refractivity contribution in [2.75, 3.05) is 19.8 Å². The van der Waals surface area contributed by atoms with Crippen LogP contribution in [0.15, 0.2) is 0 Å². The molecular weight excluding hydrogens is 126 g/mol. The lowest BCUT2D eigenvalue weighted by molar-refractivity contribution is 0.122. The van der Waals surface area contributed by atoms with Crippen LogP contribution in [-0.2, 0) is 4.74 Å². The normalized spacial score (nSPS) is 13.5. The Labute approximate surface area is 64.0 Å². The van der Waals surface area contributed by atoms with Crippen molar-refractivity contribution in [1.82, 2.24) is 5.32 Å². The third kappa shape index (κ3) is 4.77. The molecule has 0 fully saturated rings. The van der Waals surface area contributed by atoms with E-state index in [0.717, 1.165) is 26.2 Å². The zero-order valence-corrected chi connectivity index (χ0v) is 7.31. The highest BCUT2D eigenvalue weighted by Gasteiger charge is 2.01. The molecule has 0 radical (unpaired) electrons. The van der Waals surface area contributed by atoms with Gasteiger partial charge in [0, 0.05) is 12.6 Å². The van der Waals surface area contributed by atoms with Gasteiger partial charge in [-0.1, -0.05) is 13.8 Å². The Morgan fingerprint density at radius 1 is 1.30 bits per heavy atom. The summed E-state index contributed by atoms with van der Waals surface area (Å²) >= 11 is 0. The predicted molar refractivity (Wildman–Crippen MR) is 44.2 cm³/mol. The lowest BCUT2D eigenvalue weighted by Crippen LogP contribution is -2.32. The van der Waals surface area contributed by atoms with E-state index in [9.17, 15) is 0 Å². The lowest BCUT2D eigenvalue weighted by atomic mass is 10.2. The van der Waals surface area contributed by atoms with Crippen LogP contribution in [0.25, 0.3) is 0 Å². The second-order valence-corrected chi connectivity index (χ2v) is 2.32. The van der Waals surface area contributed by atoms with Crippen LogP contribution in [0.5, 0.6) is 0 Å². The summed E-state index contributed by atoms with van der Waals surface area (Å²) in [5.74, 6) is 0. The molecule has 0 rings (SSSR count). The molecule has 0 amide bonds. The van der Waals surface area contributed by atoms with Crippen molar-refractivity contribution in [2.24, 2.45) is 0 Å². The van der Waals surface area contributed by atoms with Gasteiger partial charge in [0.1, 0.15) is 0 Å². The Kier molecular flexibility index (Phi) is 6.98. The standard InChI is InChI=1S/C8H19NO/c1-4-8(9-5-2)7-10-6-3/h8-9H,4-7H2,1-3H3. The molecule has 62 valence electrons. The summed E-state index contributed by atoms with van der Waals surface area (Å²) in [4.78, 5) is 0. The molecule has 2 heteroatoms. The third-order valence-electron chi connectivity index (χ3n) is 1.51. The molecule has 1 N–H and O–H groups in total. The third-order valence-corrected chi connectivity index (χ3v) is 1.51. The first-order valence-corrected chi connectivity index (χ1v) is 4.16. The number of rotatable bonds is 6. The fourth-order valence-electron chi connectivity index (χ4n) is 0.870. The molecule has 0 aliphatic heterocycles. The van der Waals surface area contributed by atoms with Crippen molar-refractivity contribution in [1.29, 1.82) is 0 Å². The highest BCUT2D eigenvalue weighted by Crippen LogP contribution is 1.90. The fraction of sp³-hybridized carbons (Fsp3) is 1.00. The van der Waals surface area contributed by atoms with Crippen molar-refractivity contribution in [3.05, 3.63) is 0 Å². The van der Waals surface area contributed by atoms with Gasteiger partial charge in [0.15, 0.2) is 0 Å². The van der Waals surface area contributed by atoms with E-state index in [4.69, 9.17) is 4.74 Å². The zero-order valence-electron chi connectivity index (χ0n) is 7.31. The van der Waals surface area contributed by atoms with Gasteiger partial charge >= 0.3 is 0 Å². The average Bonchev–Trinajstić information content (AvgIpc) is 1.98. The largest absolute Gasteiger partial charge is 0.380 e. The van der Waals surface area contributed by atoms with E-state index in [-0.39, 0.29) is 0 Å². The van der Waals surface area contributed by atoms with Gasteiger partial charge in [-0.2, -0.15) is 0 Å². The maximum atomic E-state index is 5.28. The van der Waals surface area contributed by atoms with Crippen LogP contribution >= 0.6 is 0 Å². The minimum Gasteiger partial charge on any atom is -0.380 e. The Balaban J connectivity index is 3.21. The van der Waals surface area contributed by atoms with Gasteiger partial charge in [-0.3, -0.25) is 0 Å². The quantitative estimate of drug-likeness (QED) is 0.610. The van der Waals surface area contributed by atoms with Gasteiger partial charge in [-0.25, -0.2) is 0 Å². The first-order valence-electron chi connectivity index (χ1n) is 4.16. The van der Waals surface area contributed by atoms with Crippen molar-refractivity contribution in [3.8, 4) is 0 Å². The van der Waals surface area contributed by atoms with Gasteiger partial charge in [0.2, 0.25) is 0 Å². The number of nitrogens with one attached hydrogen (secondary N) is 1. The molecule has 1 atom stereocenters. The summed E-state index contributed by atoms with van der Waals surface area (Å²) < 4.78 is 5.28. The maximum Gasteiger partial charge on any atom is 0.0619 e. The maximum absolute atomic E-state index is 5.28. The van der Waals surface area contributed by atoms with E-state index in [1.165, 1.54) is 0 Å². The van der Waals surface area contributed by atoms with Gasteiger partial charge in [0.05, 0.1) is 6.61 Å². The van der Waals surface area contributed by atoms with Crippen LogP contribution in [0.3, 0.4) is 0 Å². The van der Waals surface area contributed by atoms with E-state index < -0.39 is 0 Å². The summed E-state index contributed by atoms with van der Waals surface area (Å²) in [6.45, 7) is 9.02. The van der Waals surface area contributed by atoms with E-state index in [1.54, 1.807) is 0 Å². The van der Waals surface area contributed by atoms with Crippen molar-refractivity contribution in [3.63, 3.8) is 0 Å². The first-order chi connectivity index (χ1) is 4.85. The second kappa shape index (κ2) is 7.03. The molecule has 0 heterocycles. The summed E-state index contributed by atoms with van der Waals surface area (Å²) in [6.07, 6.45) is 1.15. The van der Waals surface area contributed by atoms with Crippen LogP contribution in [0.2, 0.25) is 0 Å². The van der Waals surface area contributed by atoms with Gasteiger partial charge < -0.3 is 10.1 Å². The molecule has 0 aromatic carbocycles. The molecule has 0 saturated heterocycles. The monoisotopic (exact) mass is 145 g/mol. The molecule has 0 aromatic heterocycles. The van der Waals surface area contributed by atoms with Crippen LogP contribution < -0.4 is 5.32 Å². The highest BCUT2D eigenvalue weighted by atomic mass is 16.5. The lowest BCUT2D eigenvalue weighted by Gasteiger charge is -2.14. The summed E-state index contributed by atoms with van der Waals surface area (Å²) in [7, 11) is 0. The fourth-order valence-corrected chi connectivity index (χ4v) is 0.870. The molecular formula is C8H19NO. The minimum absolute atomic E-state index is 0.546. The smallest absolute Gasteiger partial charge is 0.0619 e. The van der Waals surface area contributed by atoms with E-state index in [1.807, 2.05) is 6.92 Å².